The number of halogens is 3. The number of benzene rings is 1. The molecule has 0 aliphatic carbocycles. The molecule has 170 valence electrons. The highest BCUT2D eigenvalue weighted by molar-refractivity contribution is 7.92. The van der Waals surface area contributed by atoms with Crippen LogP contribution in [0.25, 0.3) is 10.9 Å². The van der Waals surface area contributed by atoms with Crippen LogP contribution in [0.5, 0.6) is 5.75 Å². The third kappa shape index (κ3) is 4.54. The molecule has 3 aromatic rings. The number of alkyl halides is 3. The van der Waals surface area contributed by atoms with Crippen molar-refractivity contribution in [1.82, 2.24) is 14.8 Å². The molecule has 1 amide bonds. The van der Waals surface area contributed by atoms with Gasteiger partial charge in [0.25, 0.3) is 5.91 Å². The van der Waals surface area contributed by atoms with Crippen molar-refractivity contribution in [3.05, 3.63) is 47.9 Å². The number of hydrogen-bond donors (Lipinski definition) is 2. The molecule has 3 heterocycles. The van der Waals surface area contributed by atoms with E-state index in [2.05, 4.69) is 15.4 Å². The molecule has 1 aliphatic rings. The van der Waals surface area contributed by atoms with Gasteiger partial charge in [-0.05, 0) is 31.0 Å². The highest BCUT2D eigenvalue weighted by Crippen LogP contribution is 2.33. The van der Waals surface area contributed by atoms with E-state index in [0.29, 0.717) is 41.0 Å². The second-order valence-corrected chi connectivity index (χ2v) is 9.97. The van der Waals surface area contributed by atoms with Gasteiger partial charge >= 0.3 is 6.18 Å². The Labute approximate surface area is 181 Å². The lowest BCUT2D eigenvalue weighted by Crippen LogP contribution is -2.24. The van der Waals surface area contributed by atoms with Crippen molar-refractivity contribution < 1.29 is 26.9 Å². The highest BCUT2D eigenvalue weighted by Gasteiger charge is 2.33. The minimum Gasteiger partial charge on any atom is -0.494 e. The molecule has 1 saturated heterocycles. The summed E-state index contributed by atoms with van der Waals surface area (Å²) < 4.78 is 65.4. The summed E-state index contributed by atoms with van der Waals surface area (Å²) in [4.78, 5) is 16.0. The summed E-state index contributed by atoms with van der Waals surface area (Å²) in [5.74, 6) is 0.130. The van der Waals surface area contributed by atoms with Gasteiger partial charge in [0.15, 0.2) is 0 Å². The topological polar surface area (TPSA) is 110 Å². The van der Waals surface area contributed by atoms with Gasteiger partial charge in [0.2, 0.25) is 0 Å². The first-order valence-corrected chi connectivity index (χ1v) is 11.6. The van der Waals surface area contributed by atoms with Crippen LogP contribution in [0.2, 0.25) is 0 Å². The van der Waals surface area contributed by atoms with E-state index in [-0.39, 0.29) is 17.4 Å². The Morgan fingerprint density at radius 3 is 2.66 bits per heavy atom. The maximum Gasteiger partial charge on any atom is 0.433 e. The molecular weight excluding hydrogens is 447 g/mol. The van der Waals surface area contributed by atoms with Gasteiger partial charge in [-0.2, -0.15) is 18.3 Å². The van der Waals surface area contributed by atoms with Crippen LogP contribution in [0.3, 0.4) is 0 Å². The summed E-state index contributed by atoms with van der Waals surface area (Å²) >= 11 is 0. The number of anilines is 1. The molecule has 0 radical (unpaired) electrons. The Morgan fingerprint density at radius 1 is 1.28 bits per heavy atom. The Bertz CT molecular complexity index is 1270. The zero-order valence-electron chi connectivity index (χ0n) is 17.0. The minimum atomic E-state index is -4.66. The molecule has 2 N–H and O–H groups in total. The number of pyridine rings is 1. The van der Waals surface area contributed by atoms with Gasteiger partial charge in [0.1, 0.15) is 17.1 Å². The molecule has 1 aromatic carbocycles. The monoisotopic (exact) mass is 467 g/mol. The average molecular weight is 467 g/mol. The van der Waals surface area contributed by atoms with E-state index >= 15 is 0 Å². The van der Waals surface area contributed by atoms with E-state index in [1.807, 2.05) is 0 Å². The first-order valence-electron chi connectivity index (χ1n) is 9.72. The quantitative estimate of drug-likeness (QED) is 0.601. The third-order valence-corrected chi connectivity index (χ3v) is 7.09. The van der Waals surface area contributed by atoms with E-state index in [1.165, 1.54) is 13.2 Å². The predicted octanol–water partition coefficient (Wildman–Crippen LogP) is 4.09. The summed E-state index contributed by atoms with van der Waals surface area (Å²) in [5.41, 5.74) is -0.660. The Kier molecular flexibility index (Phi) is 5.57. The van der Waals surface area contributed by atoms with Gasteiger partial charge in [0, 0.05) is 38.9 Å². The number of fused-ring (bicyclic) bond motifs is 1. The van der Waals surface area contributed by atoms with Crippen LogP contribution in [0.15, 0.2) is 36.5 Å². The van der Waals surface area contributed by atoms with E-state index in [9.17, 15) is 22.2 Å². The van der Waals surface area contributed by atoms with Gasteiger partial charge in [-0.3, -0.25) is 14.3 Å². The van der Waals surface area contributed by atoms with Crippen LogP contribution in [0.4, 0.5) is 18.9 Å². The van der Waals surface area contributed by atoms with Gasteiger partial charge in [-0.1, -0.05) is 6.07 Å². The van der Waals surface area contributed by atoms with Gasteiger partial charge in [-0.15, -0.1) is 0 Å². The van der Waals surface area contributed by atoms with Crippen molar-refractivity contribution >= 4 is 32.2 Å². The molecule has 0 bridgehead atoms. The molecule has 0 saturated carbocycles. The van der Waals surface area contributed by atoms with Crippen molar-refractivity contribution in [3.63, 3.8) is 0 Å². The lowest BCUT2D eigenvalue weighted by atomic mass is 10.1. The third-order valence-electron chi connectivity index (χ3n) is 5.30. The van der Waals surface area contributed by atoms with E-state index in [0.717, 1.165) is 12.1 Å². The largest absolute Gasteiger partial charge is 0.494 e. The zero-order valence-corrected chi connectivity index (χ0v) is 17.8. The van der Waals surface area contributed by atoms with Gasteiger partial charge < -0.3 is 10.1 Å². The number of nitrogens with zero attached hydrogens (tertiary/aromatic N) is 3. The van der Waals surface area contributed by atoms with Crippen LogP contribution < -0.4 is 10.1 Å². The zero-order chi connectivity index (χ0) is 23.1. The standard InChI is InChI=1S/C20H20F3N5O3S/c1-31-17-10-15-12(11-28(27-15)13-5-7-32(24,30)8-6-13)9-16(17)26-19(29)14-3-2-4-18(25-14)20(21,22)23/h2-4,9-11,13,24H,5-8H2,1H3,(H,26,29). The Morgan fingerprint density at radius 2 is 2.00 bits per heavy atom. The fourth-order valence-electron chi connectivity index (χ4n) is 3.59. The molecule has 0 unspecified atom stereocenters. The van der Waals surface area contributed by atoms with Gasteiger partial charge in [-0.25, -0.2) is 9.19 Å². The normalized spacial score (nSPS) is 21.4. The number of nitrogens with one attached hydrogen (secondary N) is 2. The first-order chi connectivity index (χ1) is 15.1. The van der Waals surface area contributed by atoms with Crippen LogP contribution >= 0.6 is 0 Å². The van der Waals surface area contributed by atoms with Crippen molar-refractivity contribution in [2.75, 3.05) is 23.9 Å². The van der Waals surface area contributed by atoms with Crippen LogP contribution in [0.1, 0.15) is 35.1 Å². The average Bonchev–Trinajstić information content (AvgIpc) is 3.15. The van der Waals surface area contributed by atoms with Crippen LogP contribution in [0, 0.1) is 4.78 Å². The minimum absolute atomic E-state index is 0.0145. The fourth-order valence-corrected chi connectivity index (χ4v) is 5.10. The van der Waals surface area contributed by atoms with Crippen LogP contribution in [-0.2, 0) is 15.9 Å². The number of rotatable bonds is 4. The number of methoxy groups -OCH3 is 1. The molecule has 4 rings (SSSR count). The van der Waals surface area contributed by atoms with Crippen molar-refractivity contribution in [3.8, 4) is 5.75 Å². The lowest BCUT2D eigenvalue weighted by Gasteiger charge is -2.23. The molecule has 0 spiro atoms. The maximum atomic E-state index is 12.9. The molecule has 1 fully saturated rings. The van der Waals surface area contributed by atoms with Crippen LogP contribution in [-0.4, -0.2) is 43.5 Å². The van der Waals surface area contributed by atoms with E-state index in [1.54, 1.807) is 23.0 Å². The maximum absolute atomic E-state index is 12.9. The van der Waals surface area contributed by atoms with E-state index < -0.39 is 27.5 Å². The molecule has 32 heavy (non-hydrogen) atoms. The molecule has 8 nitrogen and oxygen atoms in total. The SMILES string of the molecule is COc1cc2nn(C3CCS(=N)(=O)CC3)cc2cc1NC(=O)c1cccc(C(F)(F)F)n1. The number of aromatic nitrogens is 3. The number of carbonyl (C=O) groups excluding carboxylic acids is 1. The van der Waals surface area contributed by atoms with Crippen molar-refractivity contribution in [2.45, 2.75) is 25.1 Å². The van der Waals surface area contributed by atoms with Gasteiger partial charge in [0.05, 0.1) is 24.4 Å². The summed E-state index contributed by atoms with van der Waals surface area (Å²) in [6.07, 6.45) is -1.71. The smallest absolute Gasteiger partial charge is 0.433 e. The summed E-state index contributed by atoms with van der Waals surface area (Å²) in [6, 6.07) is 6.37. The Hall–Kier alpha value is -3.15. The summed E-state index contributed by atoms with van der Waals surface area (Å²) in [6.45, 7) is 0. The highest BCUT2D eigenvalue weighted by atomic mass is 32.2. The number of carbonyl (C=O) groups is 1. The Balaban J connectivity index is 1.61. The lowest BCUT2D eigenvalue weighted by molar-refractivity contribution is -0.141. The number of ether oxygens (including phenoxy) is 1. The first kappa shape index (κ1) is 22.1. The van der Waals surface area contributed by atoms with E-state index in [4.69, 9.17) is 9.52 Å². The molecule has 0 atom stereocenters. The van der Waals surface area contributed by atoms with Crippen molar-refractivity contribution in [2.24, 2.45) is 0 Å². The second kappa shape index (κ2) is 8.08. The number of hydrogen-bond acceptors (Lipinski definition) is 6. The molecule has 2 aromatic heterocycles. The number of amides is 1. The summed E-state index contributed by atoms with van der Waals surface area (Å²) in [5, 5.41) is 7.79. The second-order valence-electron chi connectivity index (χ2n) is 7.53. The molecule has 12 heteroatoms. The molecule has 1 aliphatic heterocycles. The fraction of sp³-hybridized carbons (Fsp3) is 0.350. The van der Waals surface area contributed by atoms with Crippen molar-refractivity contribution in [1.29, 1.82) is 4.78 Å². The molecular formula is C20H20F3N5O3S. The predicted molar refractivity (Wildman–Crippen MR) is 112 cm³/mol. The summed E-state index contributed by atoms with van der Waals surface area (Å²) in [7, 11) is -1.10.